The molecule has 324 valence electrons. The number of carbonyl (C=O) groups is 3. The Morgan fingerprint density at radius 2 is 1.72 bits per heavy atom. The summed E-state index contributed by atoms with van der Waals surface area (Å²) in [5, 5.41) is 27.0. The Labute approximate surface area is 440 Å². The number of anilines is 1. The molecule has 60 heavy (non-hydrogen) atoms. The van der Waals surface area contributed by atoms with E-state index < -0.39 is 33.3 Å². The van der Waals surface area contributed by atoms with E-state index in [2.05, 4.69) is 42.9 Å². The first kappa shape index (κ1) is 58.8. The molecule has 0 unspecified atom stereocenters. The molecule has 3 aromatic heterocycles. The van der Waals surface area contributed by atoms with Crippen molar-refractivity contribution in [2.75, 3.05) is 51.9 Å². The summed E-state index contributed by atoms with van der Waals surface area (Å²) in [4.78, 5) is 47.1. The van der Waals surface area contributed by atoms with Crippen molar-refractivity contribution in [3.8, 4) is 17.8 Å². The number of aliphatic hydroxyl groups excluding tert-OH is 1. The van der Waals surface area contributed by atoms with Crippen molar-refractivity contribution < 1.29 is 164 Å². The molecule has 7 N–H and O–H groups in total. The van der Waals surface area contributed by atoms with E-state index in [-0.39, 0.29) is 139 Å². The molecule has 0 saturated carbocycles. The number of halogens is 3. The number of likely N-dealkylation sites (N-methyl/N-ethyl adjacent to an activating group) is 2. The fourth-order valence-electron chi connectivity index (χ4n) is 5.70. The molecule has 2 amide bonds. The second kappa shape index (κ2) is 28.5. The van der Waals surface area contributed by atoms with Crippen molar-refractivity contribution in [2.24, 2.45) is 11.5 Å². The van der Waals surface area contributed by atoms with E-state index in [1.807, 2.05) is 19.1 Å². The van der Waals surface area contributed by atoms with Crippen LogP contribution >= 0.6 is 23.1 Å². The summed E-state index contributed by atoms with van der Waals surface area (Å²) in [6, 6.07) is 5.55. The van der Waals surface area contributed by atoms with Crippen LogP contribution in [0.3, 0.4) is 0 Å². The van der Waals surface area contributed by atoms with Crippen molar-refractivity contribution in [3.63, 3.8) is 0 Å². The second-order valence-electron chi connectivity index (χ2n) is 12.8. The summed E-state index contributed by atoms with van der Waals surface area (Å²) in [7, 11) is -1.72. The topological polar surface area (TPSA) is 290 Å². The Hall–Kier alpha value is -1.24. The van der Waals surface area contributed by atoms with Crippen molar-refractivity contribution in [2.45, 2.75) is 75.0 Å². The molecule has 18 nitrogen and oxygen atoms in total. The number of alkyl halides is 3. The van der Waals surface area contributed by atoms with Gasteiger partial charge < -0.3 is 52.6 Å². The normalized spacial score (nSPS) is 16.2. The monoisotopic (exact) mass is 958 g/mol. The van der Waals surface area contributed by atoms with Crippen LogP contribution in [0.15, 0.2) is 17.2 Å². The third-order valence-electron chi connectivity index (χ3n) is 8.62. The van der Waals surface area contributed by atoms with Crippen LogP contribution in [0.25, 0.3) is 10.2 Å². The summed E-state index contributed by atoms with van der Waals surface area (Å²) >= 11 is 1.92. The quantitative estimate of drug-likeness (QED) is 0.0242. The Kier molecular flexibility index (Phi) is 27.9. The molecule has 0 aliphatic carbocycles. The minimum atomic E-state index is -5.90. The van der Waals surface area contributed by atoms with Gasteiger partial charge in [-0.1, -0.05) is 25.1 Å². The number of nitrogens with zero attached hydrogens (tertiary/aromatic N) is 5. The molecule has 5 rings (SSSR count). The maximum atomic E-state index is 12.4. The minimum Gasteiger partial charge on any atom is -1.00 e. The zero-order chi connectivity index (χ0) is 43.8. The molecule has 2 saturated heterocycles. The SMILES string of the molecule is CCCc1cc(OS(=O)(=O)C(F)(F)F)nc(SCC(N)=O)c1C#N.CN1CCC[C@H]1CO.Cc1cc(OC[C@@H]2CCCN2C)nc2sc(C(N)=O)c(N)c12.O=CO[O-].[H-].[K+].[K+]. The molecule has 2 fully saturated rings. The summed E-state index contributed by atoms with van der Waals surface area (Å²) < 4.78 is 69.3. The second-order valence-corrected chi connectivity index (χ2v) is 16.3. The molecular weight excluding hydrogens is 912 g/mol. The zero-order valence-electron chi connectivity index (χ0n) is 35.1. The number of hydrogen-bond acceptors (Lipinski definition) is 18. The van der Waals surface area contributed by atoms with Gasteiger partial charge in [0.1, 0.15) is 27.4 Å². The number of amides is 2. The van der Waals surface area contributed by atoms with Crippen LogP contribution in [-0.2, 0) is 31.0 Å². The standard InChI is InChI=1S/C15H20N4O2S.C12H12F3N3O4S2.C6H13NO.CH2O3.2K.H/c1-8-6-10(21-7-9-4-3-5-19(9)2)18-15-11(8)12(16)13(22-15)14(17)20;1-2-3-7-4-10(22-24(20,21)12(13,14)15)18-11(8(7)5-16)23-6-9(17)19;1-7-4-2-3-6(7)5-8;2-1-4-3;;;/h6,9H,3-5,7,16H2,1-2H3,(H2,17,20);4H,2-3,6H2,1H3,(H2,17,19);6,8H,2-5H2,1H3;1,3H;;;/q;;;;2*+1;-1/p-1/t9-;;6-;;;;/m0.0..../s1. The fraction of sp³-hybridized carbons (Fsp3) is 0.529. The molecule has 2 aliphatic rings. The van der Waals surface area contributed by atoms with Crippen LogP contribution in [0.5, 0.6) is 11.8 Å². The molecule has 0 bridgehead atoms. The largest absolute Gasteiger partial charge is 1.00 e. The van der Waals surface area contributed by atoms with Gasteiger partial charge in [0.15, 0.2) is 0 Å². The number of thiophene rings is 1. The van der Waals surface area contributed by atoms with E-state index in [0.29, 0.717) is 64.8 Å². The number of pyridine rings is 2. The van der Waals surface area contributed by atoms with Crippen LogP contribution in [0.2, 0.25) is 0 Å². The molecule has 3 aromatic rings. The number of ether oxygens (including phenoxy) is 1. The van der Waals surface area contributed by atoms with Crippen LogP contribution < -0.4 is 134 Å². The van der Waals surface area contributed by atoms with Gasteiger partial charge in [-0.15, -0.1) is 11.3 Å². The number of thioether (sulfide) groups is 1. The van der Waals surface area contributed by atoms with Gasteiger partial charge >= 0.3 is 118 Å². The van der Waals surface area contributed by atoms with Crippen molar-refractivity contribution in [1.29, 1.82) is 5.26 Å². The average Bonchev–Trinajstić information content (AvgIpc) is 3.87. The van der Waals surface area contributed by atoms with Crippen LogP contribution in [0.4, 0.5) is 18.9 Å². The third-order valence-corrected chi connectivity index (χ3v) is 11.7. The summed E-state index contributed by atoms with van der Waals surface area (Å²) in [5.74, 6) is -1.81. The number of nitrogens with two attached hydrogens (primary N) is 3. The van der Waals surface area contributed by atoms with Crippen LogP contribution in [0, 0.1) is 18.3 Å². The van der Waals surface area contributed by atoms with Gasteiger partial charge in [-0.25, -0.2) is 9.97 Å². The van der Waals surface area contributed by atoms with E-state index in [4.69, 9.17) is 37.1 Å². The van der Waals surface area contributed by atoms with Gasteiger partial charge in [-0.2, -0.15) is 26.9 Å². The van der Waals surface area contributed by atoms with Crippen molar-refractivity contribution >= 4 is 67.4 Å². The number of carbonyl (C=O) groups excluding carboxylic acids is 3. The number of primary amides is 2. The molecule has 0 aromatic carbocycles. The van der Waals surface area contributed by atoms with E-state index in [1.165, 1.54) is 30.6 Å². The van der Waals surface area contributed by atoms with E-state index in [1.54, 1.807) is 6.92 Å². The molecule has 2 aliphatic heterocycles. The van der Waals surface area contributed by atoms with Gasteiger partial charge in [0.25, 0.3) is 12.4 Å². The van der Waals surface area contributed by atoms with Crippen molar-refractivity contribution in [1.82, 2.24) is 19.8 Å². The molecular formula is C34H47F3K2N8O10S3. The van der Waals surface area contributed by atoms with E-state index >= 15 is 0 Å². The maximum absolute atomic E-state index is 12.4. The fourth-order valence-corrected chi connectivity index (χ4v) is 7.87. The average molecular weight is 959 g/mol. The number of likely N-dealkylation sites (tertiary alicyclic amines) is 2. The number of aromatic nitrogens is 2. The van der Waals surface area contributed by atoms with E-state index in [0.717, 1.165) is 36.5 Å². The molecule has 2 atom stereocenters. The third kappa shape index (κ3) is 18.1. The van der Waals surface area contributed by atoms with Crippen LogP contribution in [0.1, 0.15) is 66.8 Å². The Bertz CT molecular complexity index is 2040. The number of aryl methyl sites for hydroxylation is 2. The first-order valence-electron chi connectivity index (χ1n) is 17.5. The zero-order valence-corrected chi connectivity index (χ0v) is 42.8. The first-order chi connectivity index (χ1) is 27.2. The number of nitriles is 1. The smallest absolute Gasteiger partial charge is 1.00 e. The summed E-state index contributed by atoms with van der Waals surface area (Å²) in [5.41, 5.74) is 12.4. The maximum Gasteiger partial charge on any atom is 1.00 e. The van der Waals surface area contributed by atoms with Gasteiger partial charge in [-0.05, 0) is 77.3 Å². The first-order valence-corrected chi connectivity index (χ1v) is 20.7. The number of nitrogen functional groups attached to an aromatic ring is 1. The molecule has 0 radical (unpaired) electrons. The Balaban J connectivity index is 0. The van der Waals surface area contributed by atoms with Gasteiger partial charge in [0, 0.05) is 29.6 Å². The molecule has 5 heterocycles. The predicted octanol–water partition coefficient (Wildman–Crippen LogP) is -3.90. The van der Waals surface area contributed by atoms with Gasteiger partial charge in [-0.3, -0.25) is 14.4 Å². The predicted molar refractivity (Wildman–Crippen MR) is 208 cm³/mol. The van der Waals surface area contributed by atoms with Crippen LogP contribution in [-0.4, -0.2) is 115 Å². The molecule has 0 spiro atoms. The van der Waals surface area contributed by atoms with Crippen molar-refractivity contribution in [3.05, 3.63) is 33.7 Å². The van der Waals surface area contributed by atoms with Gasteiger partial charge in [0.2, 0.25) is 17.7 Å². The number of aliphatic hydroxyl groups is 1. The van der Waals surface area contributed by atoms with E-state index in [9.17, 15) is 36.4 Å². The minimum absolute atomic E-state index is 0. The Morgan fingerprint density at radius 3 is 2.15 bits per heavy atom. The Morgan fingerprint density at radius 1 is 1.13 bits per heavy atom. The summed E-state index contributed by atoms with van der Waals surface area (Å²) in [6.45, 7) is 6.74. The van der Waals surface area contributed by atoms with Gasteiger partial charge in [0.05, 0.1) is 23.6 Å². The number of rotatable bonds is 13. The number of fused-ring (bicyclic) bond motifs is 1. The number of hydrogen-bond donors (Lipinski definition) is 4. The summed E-state index contributed by atoms with van der Waals surface area (Å²) in [6.07, 6.45) is 5.59. The molecule has 26 heteroatoms.